The van der Waals surface area contributed by atoms with E-state index >= 15 is 0 Å². The summed E-state index contributed by atoms with van der Waals surface area (Å²) in [6.45, 7) is 1.33. The molecule has 0 unspecified atom stereocenters. The number of nitrogens with one attached hydrogen (secondary N) is 1. The van der Waals surface area contributed by atoms with Crippen molar-refractivity contribution in [2.45, 2.75) is 19.6 Å². The molecule has 2 aromatic rings. The molecule has 6 nitrogen and oxygen atoms in total. The Hall–Kier alpha value is -2.84. The Morgan fingerprint density at radius 1 is 1.29 bits per heavy atom. The number of hydrogen-bond donors (Lipinski definition) is 1. The molecule has 0 spiro atoms. The maximum absolute atomic E-state index is 12.4. The Labute approximate surface area is 135 Å². The molecular formula is C15H15F3N4O2. The van der Waals surface area contributed by atoms with Crippen LogP contribution < -0.4 is 10.2 Å². The number of amides is 1. The molecule has 1 aromatic heterocycles. The Morgan fingerprint density at radius 2 is 1.96 bits per heavy atom. The maximum Gasteiger partial charge on any atom is 0.435 e. The van der Waals surface area contributed by atoms with Crippen molar-refractivity contribution in [3.8, 4) is 5.75 Å². The lowest BCUT2D eigenvalue weighted by molar-refractivity contribution is -0.141. The van der Waals surface area contributed by atoms with Gasteiger partial charge in [-0.05, 0) is 42.8 Å². The second-order valence-corrected chi connectivity index (χ2v) is 4.86. The summed E-state index contributed by atoms with van der Waals surface area (Å²) in [6.07, 6.45) is -3.45. The van der Waals surface area contributed by atoms with Crippen LogP contribution in [0.4, 0.5) is 13.2 Å². The normalized spacial score (nSPS) is 12.1. The van der Waals surface area contributed by atoms with Crippen molar-refractivity contribution >= 4 is 11.6 Å². The van der Waals surface area contributed by atoms with Gasteiger partial charge in [0.25, 0.3) is 5.91 Å². The van der Waals surface area contributed by atoms with E-state index in [0.29, 0.717) is 11.5 Å². The fourth-order valence-corrected chi connectivity index (χ4v) is 1.83. The monoisotopic (exact) mass is 340 g/mol. The van der Waals surface area contributed by atoms with Gasteiger partial charge in [0.05, 0.1) is 12.8 Å². The number of benzene rings is 1. The number of carbonyl (C=O) groups excluding carboxylic acids is 1. The Bertz CT molecular complexity index is 736. The van der Waals surface area contributed by atoms with E-state index in [2.05, 4.69) is 15.6 Å². The summed E-state index contributed by atoms with van der Waals surface area (Å²) < 4.78 is 43.2. The average molecular weight is 340 g/mol. The second-order valence-electron chi connectivity index (χ2n) is 4.86. The lowest BCUT2D eigenvalue weighted by atomic mass is 10.1. The van der Waals surface area contributed by atoms with Crippen LogP contribution in [0, 0.1) is 0 Å². The second kappa shape index (κ2) is 7.16. The molecule has 1 amide bonds. The van der Waals surface area contributed by atoms with E-state index in [0.717, 1.165) is 22.5 Å². The van der Waals surface area contributed by atoms with E-state index < -0.39 is 17.8 Å². The highest BCUT2D eigenvalue weighted by molar-refractivity contribution is 5.99. The highest BCUT2D eigenvalue weighted by Crippen LogP contribution is 2.27. The minimum Gasteiger partial charge on any atom is -0.497 e. The van der Waals surface area contributed by atoms with Crippen molar-refractivity contribution in [3.63, 3.8) is 0 Å². The Morgan fingerprint density at radius 3 is 2.50 bits per heavy atom. The zero-order chi connectivity index (χ0) is 17.7. The summed E-state index contributed by atoms with van der Waals surface area (Å²) in [4.78, 5) is 11.7. The highest BCUT2D eigenvalue weighted by Gasteiger charge is 2.33. The molecule has 24 heavy (non-hydrogen) atoms. The van der Waals surface area contributed by atoms with E-state index in [4.69, 9.17) is 4.74 Å². The minimum absolute atomic E-state index is 0.366. The molecule has 2 rings (SSSR count). The third-order valence-corrected chi connectivity index (χ3v) is 3.09. The molecule has 0 fully saturated rings. The predicted molar refractivity (Wildman–Crippen MR) is 80.6 cm³/mol. The number of aromatic nitrogens is 2. The van der Waals surface area contributed by atoms with Crippen LogP contribution >= 0.6 is 0 Å². The van der Waals surface area contributed by atoms with Crippen molar-refractivity contribution in [1.82, 2.24) is 15.2 Å². The van der Waals surface area contributed by atoms with Crippen LogP contribution in [0.2, 0.25) is 0 Å². The van der Waals surface area contributed by atoms with Crippen LogP contribution in [0.15, 0.2) is 41.6 Å². The lowest BCUT2D eigenvalue weighted by Crippen LogP contribution is -2.24. The van der Waals surface area contributed by atoms with Crippen LogP contribution in [-0.2, 0) is 17.5 Å². The van der Waals surface area contributed by atoms with Gasteiger partial charge in [0.2, 0.25) is 0 Å². The van der Waals surface area contributed by atoms with Gasteiger partial charge in [0, 0.05) is 6.20 Å². The van der Waals surface area contributed by atoms with E-state index in [1.54, 1.807) is 38.3 Å². The van der Waals surface area contributed by atoms with Crippen molar-refractivity contribution in [1.29, 1.82) is 0 Å². The first kappa shape index (κ1) is 17.5. The first-order chi connectivity index (χ1) is 11.3. The first-order valence-electron chi connectivity index (χ1n) is 6.88. The van der Waals surface area contributed by atoms with Crippen molar-refractivity contribution in [2.24, 2.45) is 5.10 Å². The van der Waals surface area contributed by atoms with Crippen molar-refractivity contribution in [3.05, 3.63) is 47.8 Å². The number of carbonyl (C=O) groups is 1. The van der Waals surface area contributed by atoms with E-state index in [1.807, 2.05) is 0 Å². The van der Waals surface area contributed by atoms with Gasteiger partial charge >= 0.3 is 6.18 Å². The number of nitrogens with zero attached hydrogens (tertiary/aromatic N) is 3. The van der Waals surface area contributed by atoms with Gasteiger partial charge in [0.15, 0.2) is 5.69 Å². The summed E-state index contributed by atoms with van der Waals surface area (Å²) in [5.74, 6) is 0.106. The number of methoxy groups -OCH3 is 1. The van der Waals surface area contributed by atoms with Gasteiger partial charge in [-0.25, -0.2) is 5.43 Å². The zero-order valence-electron chi connectivity index (χ0n) is 13.0. The van der Waals surface area contributed by atoms with Crippen LogP contribution in [-0.4, -0.2) is 28.5 Å². The number of rotatable bonds is 5. The zero-order valence-corrected chi connectivity index (χ0v) is 13.0. The van der Waals surface area contributed by atoms with Crippen LogP contribution in [0.5, 0.6) is 5.75 Å². The molecule has 0 aliphatic rings. The number of hydrazone groups is 1. The largest absolute Gasteiger partial charge is 0.497 e. The molecule has 1 N–H and O–H groups in total. The highest BCUT2D eigenvalue weighted by atomic mass is 19.4. The van der Waals surface area contributed by atoms with Gasteiger partial charge < -0.3 is 4.74 Å². The summed E-state index contributed by atoms with van der Waals surface area (Å²) in [5.41, 5.74) is 2.55. The Balaban J connectivity index is 1.95. The molecule has 0 saturated heterocycles. The number of ether oxygens (including phenoxy) is 1. The Kier molecular flexibility index (Phi) is 5.22. The van der Waals surface area contributed by atoms with Crippen LogP contribution in [0.25, 0.3) is 0 Å². The van der Waals surface area contributed by atoms with E-state index in [1.165, 1.54) is 0 Å². The maximum atomic E-state index is 12.4. The topological polar surface area (TPSA) is 68.5 Å². The van der Waals surface area contributed by atoms with Gasteiger partial charge in [-0.1, -0.05) is 0 Å². The lowest BCUT2D eigenvalue weighted by Gasteiger charge is -2.05. The molecule has 0 radical (unpaired) electrons. The average Bonchev–Trinajstić information content (AvgIpc) is 3.01. The summed E-state index contributed by atoms with van der Waals surface area (Å²) in [5, 5.41) is 7.21. The molecule has 9 heteroatoms. The predicted octanol–water partition coefficient (Wildman–Crippen LogP) is 2.45. The minimum atomic E-state index is -4.54. The van der Waals surface area contributed by atoms with Gasteiger partial charge in [-0.2, -0.15) is 23.4 Å². The third-order valence-electron chi connectivity index (χ3n) is 3.09. The fourth-order valence-electron chi connectivity index (χ4n) is 1.83. The van der Waals surface area contributed by atoms with Gasteiger partial charge in [0.1, 0.15) is 12.3 Å². The smallest absolute Gasteiger partial charge is 0.435 e. The number of halogens is 3. The molecule has 1 heterocycles. The molecule has 128 valence electrons. The first-order valence-corrected chi connectivity index (χ1v) is 6.88. The van der Waals surface area contributed by atoms with Crippen molar-refractivity contribution < 1.29 is 22.7 Å². The third kappa shape index (κ3) is 4.58. The quantitative estimate of drug-likeness (QED) is 0.671. The van der Waals surface area contributed by atoms with Gasteiger partial charge in [-0.15, -0.1) is 0 Å². The molecule has 0 aliphatic heterocycles. The summed E-state index contributed by atoms with van der Waals surface area (Å²) >= 11 is 0. The number of hydrogen-bond acceptors (Lipinski definition) is 4. The summed E-state index contributed by atoms with van der Waals surface area (Å²) in [7, 11) is 1.55. The van der Waals surface area contributed by atoms with Gasteiger partial charge in [-0.3, -0.25) is 9.48 Å². The SMILES string of the molecule is COc1ccc(/C(C)=N\NC(=O)Cn2ccc(C(F)(F)F)n2)cc1. The fraction of sp³-hybridized carbons (Fsp3) is 0.267. The molecule has 0 aliphatic carbocycles. The molecule has 0 atom stereocenters. The molecular weight excluding hydrogens is 325 g/mol. The number of alkyl halides is 3. The van der Waals surface area contributed by atoms with Crippen molar-refractivity contribution in [2.75, 3.05) is 7.11 Å². The van der Waals surface area contributed by atoms with E-state index in [-0.39, 0.29) is 6.54 Å². The van der Waals surface area contributed by atoms with E-state index in [9.17, 15) is 18.0 Å². The molecule has 1 aromatic carbocycles. The van der Waals surface area contributed by atoms with Crippen LogP contribution in [0.3, 0.4) is 0 Å². The molecule has 0 bridgehead atoms. The van der Waals surface area contributed by atoms with Crippen LogP contribution in [0.1, 0.15) is 18.2 Å². The summed E-state index contributed by atoms with van der Waals surface area (Å²) in [6, 6.07) is 7.84. The standard InChI is InChI=1S/C15H15F3N4O2/c1-10(11-3-5-12(24-2)6-4-11)19-20-14(23)9-22-8-7-13(21-22)15(16,17)18/h3-8H,9H2,1-2H3,(H,20,23)/b19-10-. The molecule has 0 saturated carbocycles.